The van der Waals surface area contributed by atoms with Gasteiger partial charge in [-0.1, -0.05) is 0 Å². The van der Waals surface area contributed by atoms with E-state index in [-0.39, 0.29) is 11.3 Å². The number of hydrogen-bond acceptors (Lipinski definition) is 3. The molecule has 0 spiro atoms. The standard InChI is InChI=1S/C7H14N2O/c1-6(10)3-7(8)4-9(2)5-7/h3-5,8H2,1-2H3. The zero-order valence-corrected chi connectivity index (χ0v) is 6.55. The molecule has 0 amide bonds. The van der Waals surface area contributed by atoms with Gasteiger partial charge in [0.2, 0.25) is 0 Å². The summed E-state index contributed by atoms with van der Waals surface area (Å²) in [6.45, 7) is 3.30. The van der Waals surface area contributed by atoms with E-state index in [1.54, 1.807) is 6.92 Å². The van der Waals surface area contributed by atoms with Crippen LogP contribution in [0.3, 0.4) is 0 Å². The molecule has 3 nitrogen and oxygen atoms in total. The van der Waals surface area contributed by atoms with Gasteiger partial charge in [-0.15, -0.1) is 0 Å². The minimum Gasteiger partial charge on any atom is -0.323 e. The van der Waals surface area contributed by atoms with Crippen LogP contribution >= 0.6 is 0 Å². The maximum Gasteiger partial charge on any atom is 0.131 e. The number of carbonyl (C=O) groups is 1. The van der Waals surface area contributed by atoms with Crippen LogP contribution in [0, 0.1) is 0 Å². The van der Waals surface area contributed by atoms with Crippen molar-refractivity contribution in [1.29, 1.82) is 0 Å². The molecule has 0 aromatic carbocycles. The van der Waals surface area contributed by atoms with Gasteiger partial charge in [-0.2, -0.15) is 0 Å². The molecule has 0 bridgehead atoms. The highest BCUT2D eigenvalue weighted by Gasteiger charge is 2.37. The lowest BCUT2D eigenvalue weighted by molar-refractivity contribution is -0.119. The third-order valence-corrected chi connectivity index (χ3v) is 1.77. The molecule has 1 heterocycles. The Hall–Kier alpha value is -0.410. The SMILES string of the molecule is CC(=O)CC1(N)CN(C)C1. The first-order chi connectivity index (χ1) is 4.52. The zero-order chi connectivity index (χ0) is 7.78. The van der Waals surface area contributed by atoms with Crippen LogP contribution in [0.4, 0.5) is 0 Å². The van der Waals surface area contributed by atoms with Gasteiger partial charge in [-0.25, -0.2) is 0 Å². The van der Waals surface area contributed by atoms with E-state index in [0.29, 0.717) is 6.42 Å². The van der Waals surface area contributed by atoms with E-state index in [1.165, 1.54) is 0 Å². The highest BCUT2D eigenvalue weighted by Crippen LogP contribution is 2.19. The molecule has 1 aliphatic rings. The molecule has 0 aromatic rings. The number of nitrogens with two attached hydrogens (primary N) is 1. The molecule has 0 aromatic heterocycles. The number of hydrogen-bond donors (Lipinski definition) is 1. The van der Waals surface area contributed by atoms with Crippen molar-refractivity contribution in [3.05, 3.63) is 0 Å². The summed E-state index contributed by atoms with van der Waals surface area (Å²) in [5.74, 6) is 0.190. The van der Waals surface area contributed by atoms with Crippen molar-refractivity contribution in [3.63, 3.8) is 0 Å². The Kier molecular flexibility index (Phi) is 1.79. The average Bonchev–Trinajstić information content (AvgIpc) is 1.57. The minimum absolute atomic E-state index is 0.190. The largest absolute Gasteiger partial charge is 0.323 e. The van der Waals surface area contributed by atoms with Gasteiger partial charge in [0.05, 0.1) is 0 Å². The first-order valence-electron chi connectivity index (χ1n) is 3.49. The van der Waals surface area contributed by atoms with Crippen LogP contribution in [0.1, 0.15) is 13.3 Å². The molecule has 1 saturated heterocycles. The van der Waals surface area contributed by atoms with Gasteiger partial charge in [-0.3, -0.25) is 4.79 Å². The summed E-state index contributed by atoms with van der Waals surface area (Å²) in [7, 11) is 2.01. The van der Waals surface area contributed by atoms with Gasteiger partial charge in [0.1, 0.15) is 5.78 Å². The number of Topliss-reactive ketones (excluding diaryl/α,β-unsaturated/α-hetero) is 1. The number of carbonyl (C=O) groups excluding carboxylic acids is 1. The van der Waals surface area contributed by atoms with Crippen LogP contribution in [0.25, 0.3) is 0 Å². The molecule has 0 atom stereocenters. The van der Waals surface area contributed by atoms with Gasteiger partial charge in [0.25, 0.3) is 0 Å². The van der Waals surface area contributed by atoms with Gasteiger partial charge in [0, 0.05) is 25.0 Å². The quantitative estimate of drug-likeness (QED) is 0.571. The Balaban J connectivity index is 2.34. The monoisotopic (exact) mass is 142 g/mol. The van der Waals surface area contributed by atoms with Crippen LogP contribution in [-0.2, 0) is 4.79 Å². The summed E-state index contributed by atoms with van der Waals surface area (Å²) in [6.07, 6.45) is 0.525. The van der Waals surface area contributed by atoms with Crippen molar-refractivity contribution in [3.8, 4) is 0 Å². The van der Waals surface area contributed by atoms with Gasteiger partial charge >= 0.3 is 0 Å². The Morgan fingerprint density at radius 1 is 1.70 bits per heavy atom. The molecule has 1 aliphatic heterocycles. The molecule has 0 unspecified atom stereocenters. The molecule has 0 aliphatic carbocycles. The minimum atomic E-state index is -0.208. The normalized spacial score (nSPS) is 23.9. The second kappa shape index (κ2) is 2.32. The lowest BCUT2D eigenvalue weighted by Gasteiger charge is -2.45. The van der Waals surface area contributed by atoms with Crippen LogP contribution in [-0.4, -0.2) is 36.4 Å². The van der Waals surface area contributed by atoms with E-state index >= 15 is 0 Å². The summed E-state index contributed by atoms with van der Waals surface area (Å²) in [5.41, 5.74) is 5.62. The van der Waals surface area contributed by atoms with Gasteiger partial charge in [0.15, 0.2) is 0 Å². The number of rotatable bonds is 2. The fourth-order valence-electron chi connectivity index (χ4n) is 1.64. The first-order valence-corrected chi connectivity index (χ1v) is 3.49. The van der Waals surface area contributed by atoms with Crippen molar-refractivity contribution in [2.45, 2.75) is 18.9 Å². The Morgan fingerprint density at radius 2 is 2.20 bits per heavy atom. The maximum absolute atomic E-state index is 10.7. The summed E-state index contributed by atoms with van der Waals surface area (Å²) in [5, 5.41) is 0. The van der Waals surface area contributed by atoms with E-state index in [4.69, 9.17) is 5.73 Å². The number of ketones is 1. The summed E-state index contributed by atoms with van der Waals surface area (Å²) in [4.78, 5) is 12.8. The molecule has 3 heteroatoms. The highest BCUT2D eigenvalue weighted by atomic mass is 16.1. The van der Waals surface area contributed by atoms with E-state index < -0.39 is 0 Å². The maximum atomic E-state index is 10.7. The van der Waals surface area contributed by atoms with E-state index in [9.17, 15) is 4.79 Å². The molecule has 0 saturated carbocycles. The molecule has 58 valence electrons. The van der Waals surface area contributed by atoms with E-state index in [2.05, 4.69) is 4.90 Å². The van der Waals surface area contributed by atoms with Crippen molar-refractivity contribution in [2.75, 3.05) is 20.1 Å². The second-order valence-corrected chi connectivity index (χ2v) is 3.41. The number of likely N-dealkylation sites (N-methyl/N-ethyl adjacent to an activating group) is 1. The Labute approximate surface area is 61.2 Å². The fourth-order valence-corrected chi connectivity index (χ4v) is 1.64. The first kappa shape index (κ1) is 7.69. The Bertz CT molecular complexity index is 150. The Morgan fingerprint density at radius 3 is 2.50 bits per heavy atom. The summed E-state index contributed by atoms with van der Waals surface area (Å²) in [6, 6.07) is 0. The lowest BCUT2D eigenvalue weighted by atomic mass is 9.87. The molecular weight excluding hydrogens is 128 g/mol. The number of nitrogens with zero attached hydrogens (tertiary/aromatic N) is 1. The van der Waals surface area contributed by atoms with E-state index in [1.807, 2.05) is 7.05 Å². The van der Waals surface area contributed by atoms with Crippen LogP contribution in [0.2, 0.25) is 0 Å². The smallest absolute Gasteiger partial charge is 0.131 e. The van der Waals surface area contributed by atoms with Crippen LogP contribution in [0.15, 0.2) is 0 Å². The molecule has 10 heavy (non-hydrogen) atoms. The third-order valence-electron chi connectivity index (χ3n) is 1.77. The van der Waals surface area contributed by atoms with Crippen LogP contribution < -0.4 is 5.73 Å². The van der Waals surface area contributed by atoms with Crippen LogP contribution in [0.5, 0.6) is 0 Å². The topological polar surface area (TPSA) is 46.3 Å². The predicted molar refractivity (Wildman–Crippen MR) is 39.7 cm³/mol. The van der Waals surface area contributed by atoms with Crippen molar-refractivity contribution in [1.82, 2.24) is 4.90 Å². The molecule has 0 radical (unpaired) electrons. The summed E-state index contributed by atoms with van der Waals surface area (Å²) >= 11 is 0. The van der Waals surface area contributed by atoms with Gasteiger partial charge in [-0.05, 0) is 14.0 Å². The van der Waals surface area contributed by atoms with E-state index in [0.717, 1.165) is 13.1 Å². The molecule has 2 N–H and O–H groups in total. The average molecular weight is 142 g/mol. The van der Waals surface area contributed by atoms with Gasteiger partial charge < -0.3 is 10.6 Å². The van der Waals surface area contributed by atoms with Crippen molar-refractivity contribution >= 4 is 5.78 Å². The van der Waals surface area contributed by atoms with Crippen molar-refractivity contribution in [2.24, 2.45) is 5.73 Å². The predicted octanol–water partition coefficient (Wildman–Crippen LogP) is -0.392. The lowest BCUT2D eigenvalue weighted by Crippen LogP contribution is -2.66. The third kappa shape index (κ3) is 1.55. The number of likely N-dealkylation sites (tertiary alicyclic amines) is 1. The zero-order valence-electron chi connectivity index (χ0n) is 6.55. The fraction of sp³-hybridized carbons (Fsp3) is 0.857. The second-order valence-electron chi connectivity index (χ2n) is 3.41. The van der Waals surface area contributed by atoms with Crippen molar-refractivity contribution < 1.29 is 4.79 Å². The highest BCUT2D eigenvalue weighted by molar-refractivity contribution is 5.77. The summed E-state index contributed by atoms with van der Waals surface area (Å²) < 4.78 is 0. The molecule has 1 fully saturated rings. The molecule has 1 rings (SSSR count). The molecular formula is C7H14N2O.